The van der Waals surface area contributed by atoms with Crippen molar-refractivity contribution in [1.29, 1.82) is 10.8 Å². The van der Waals surface area contributed by atoms with Crippen LogP contribution in [0.25, 0.3) is 11.1 Å². The number of aromatic nitrogens is 1. The van der Waals surface area contributed by atoms with Crippen molar-refractivity contribution in [3.63, 3.8) is 0 Å². The lowest BCUT2D eigenvalue weighted by Gasteiger charge is -2.19. The van der Waals surface area contributed by atoms with Gasteiger partial charge in [-0.05, 0) is 60.4 Å². The number of amidine groups is 1. The van der Waals surface area contributed by atoms with Crippen molar-refractivity contribution in [3.05, 3.63) is 78.1 Å². The van der Waals surface area contributed by atoms with Gasteiger partial charge in [-0.3, -0.25) is 20.6 Å². The molecule has 4 rings (SSSR count). The lowest BCUT2D eigenvalue weighted by Crippen LogP contribution is -2.31. The Morgan fingerprint density at radius 1 is 1.09 bits per heavy atom. The monoisotopic (exact) mass is 461 g/mol. The van der Waals surface area contributed by atoms with Gasteiger partial charge < -0.3 is 10.2 Å². The fourth-order valence-electron chi connectivity index (χ4n) is 3.42. The Morgan fingerprint density at radius 2 is 1.82 bits per heavy atom. The number of benzene rings is 2. The number of nitrogens with zero attached hydrogens (tertiary/aromatic N) is 2. The molecule has 0 radical (unpaired) electrons. The van der Waals surface area contributed by atoms with E-state index >= 15 is 0 Å². The van der Waals surface area contributed by atoms with Crippen molar-refractivity contribution < 1.29 is 13.2 Å². The summed E-state index contributed by atoms with van der Waals surface area (Å²) in [5.74, 6) is -0.180. The molecule has 9 heteroatoms. The van der Waals surface area contributed by atoms with Crippen LogP contribution in [0.2, 0.25) is 0 Å². The highest BCUT2D eigenvalue weighted by atomic mass is 32.2. The molecule has 0 spiro atoms. The highest BCUT2D eigenvalue weighted by Crippen LogP contribution is 2.27. The number of hydrogen-bond donors (Lipinski definition) is 3. The molecule has 3 N–H and O–H groups in total. The Bertz CT molecular complexity index is 1330. The molecule has 1 aliphatic rings. The van der Waals surface area contributed by atoms with E-state index in [-0.39, 0.29) is 22.5 Å². The molecule has 0 saturated heterocycles. The summed E-state index contributed by atoms with van der Waals surface area (Å²) in [7, 11) is -3.28. The average molecular weight is 462 g/mol. The first kappa shape index (κ1) is 22.3. The maximum atomic E-state index is 12.8. The van der Waals surface area contributed by atoms with Crippen molar-refractivity contribution in [2.24, 2.45) is 0 Å². The van der Waals surface area contributed by atoms with Crippen LogP contribution in [0.15, 0.2) is 71.8 Å². The van der Waals surface area contributed by atoms with Crippen LogP contribution >= 0.6 is 0 Å². The standard InChI is InChI=1S/C24H23N5O3S/c1-33(31,32)21-9-5-16(6-10-21)17-11-12-27-22(14-17)24(30)28-19-4-2-3-18(13-19)23(26)29(15-25)20-7-8-20/h2-6,9-15,20,25-26H,7-8H2,1H3,(H,28,30). The zero-order chi connectivity index (χ0) is 23.6. The third kappa shape index (κ3) is 5.15. The molecule has 1 aliphatic carbocycles. The summed E-state index contributed by atoms with van der Waals surface area (Å²) in [5, 5.41) is 18.8. The van der Waals surface area contributed by atoms with Gasteiger partial charge in [-0.2, -0.15) is 0 Å². The smallest absolute Gasteiger partial charge is 0.274 e. The predicted molar refractivity (Wildman–Crippen MR) is 128 cm³/mol. The zero-order valence-electron chi connectivity index (χ0n) is 17.9. The van der Waals surface area contributed by atoms with Gasteiger partial charge in [0.05, 0.1) is 11.2 Å². The normalized spacial score (nSPS) is 13.2. The lowest BCUT2D eigenvalue weighted by atomic mass is 10.1. The van der Waals surface area contributed by atoms with Crippen molar-refractivity contribution >= 4 is 33.6 Å². The maximum absolute atomic E-state index is 12.8. The van der Waals surface area contributed by atoms with Crippen molar-refractivity contribution in [2.75, 3.05) is 11.6 Å². The number of rotatable bonds is 7. The number of sulfone groups is 1. The van der Waals surface area contributed by atoms with E-state index in [0.29, 0.717) is 11.3 Å². The first-order valence-electron chi connectivity index (χ1n) is 10.3. The van der Waals surface area contributed by atoms with E-state index in [0.717, 1.165) is 30.2 Å². The topological polar surface area (TPSA) is 127 Å². The Hall–Kier alpha value is -3.85. The number of anilines is 1. The molecular formula is C24H23N5O3S. The number of carbonyl (C=O) groups excluding carboxylic acids is 1. The van der Waals surface area contributed by atoms with Gasteiger partial charge in [0.25, 0.3) is 5.91 Å². The second-order valence-electron chi connectivity index (χ2n) is 7.88. The number of pyridine rings is 1. The number of hydrogen-bond acceptors (Lipinski definition) is 6. The number of nitrogens with one attached hydrogen (secondary N) is 3. The molecular weight excluding hydrogens is 438 g/mol. The molecule has 168 valence electrons. The molecule has 1 heterocycles. The molecule has 1 fully saturated rings. The maximum Gasteiger partial charge on any atom is 0.274 e. The van der Waals surface area contributed by atoms with Crippen LogP contribution in [0.3, 0.4) is 0 Å². The summed E-state index contributed by atoms with van der Waals surface area (Å²) < 4.78 is 23.3. The predicted octanol–water partition coefficient (Wildman–Crippen LogP) is 3.80. The van der Waals surface area contributed by atoms with Crippen LogP contribution in [0.5, 0.6) is 0 Å². The van der Waals surface area contributed by atoms with Crippen molar-refractivity contribution in [3.8, 4) is 11.1 Å². The molecule has 3 aromatic rings. The Kier molecular flexibility index (Phi) is 6.06. The van der Waals surface area contributed by atoms with Crippen LogP contribution in [-0.2, 0) is 9.84 Å². The first-order valence-corrected chi connectivity index (χ1v) is 12.2. The lowest BCUT2D eigenvalue weighted by molar-refractivity contribution is 0.102. The third-order valence-electron chi connectivity index (χ3n) is 5.34. The summed E-state index contributed by atoms with van der Waals surface area (Å²) >= 11 is 0. The molecule has 0 atom stereocenters. The molecule has 1 aromatic heterocycles. The molecule has 8 nitrogen and oxygen atoms in total. The minimum Gasteiger partial charge on any atom is -0.321 e. The van der Waals surface area contributed by atoms with Gasteiger partial charge >= 0.3 is 0 Å². The van der Waals surface area contributed by atoms with E-state index in [1.165, 1.54) is 24.7 Å². The van der Waals surface area contributed by atoms with Crippen LogP contribution in [0.1, 0.15) is 28.9 Å². The van der Waals surface area contributed by atoms with E-state index in [1.807, 2.05) is 0 Å². The Morgan fingerprint density at radius 3 is 2.45 bits per heavy atom. The number of carbonyl (C=O) groups is 1. The summed E-state index contributed by atoms with van der Waals surface area (Å²) in [4.78, 5) is 18.8. The van der Waals surface area contributed by atoms with Gasteiger partial charge in [-0.1, -0.05) is 24.3 Å². The second kappa shape index (κ2) is 8.95. The summed E-state index contributed by atoms with van der Waals surface area (Å²) in [6.07, 6.45) is 5.78. The molecule has 1 amide bonds. The largest absolute Gasteiger partial charge is 0.321 e. The van der Waals surface area contributed by atoms with E-state index in [2.05, 4.69) is 10.3 Å². The molecule has 1 saturated carbocycles. The molecule has 33 heavy (non-hydrogen) atoms. The van der Waals surface area contributed by atoms with E-state index in [9.17, 15) is 13.2 Å². The summed E-state index contributed by atoms with van der Waals surface area (Å²) in [5.41, 5.74) is 2.83. The fourth-order valence-corrected chi connectivity index (χ4v) is 4.05. The van der Waals surface area contributed by atoms with Gasteiger partial charge in [0, 0.05) is 29.7 Å². The second-order valence-corrected chi connectivity index (χ2v) is 9.89. The minimum atomic E-state index is -3.28. The summed E-state index contributed by atoms with van der Waals surface area (Å²) in [6, 6.07) is 17.0. The van der Waals surface area contributed by atoms with E-state index in [1.54, 1.807) is 53.4 Å². The van der Waals surface area contributed by atoms with Crippen LogP contribution < -0.4 is 5.32 Å². The zero-order valence-corrected chi connectivity index (χ0v) is 18.8. The van der Waals surface area contributed by atoms with Gasteiger partial charge in [-0.15, -0.1) is 0 Å². The van der Waals surface area contributed by atoms with Gasteiger partial charge in [0.2, 0.25) is 0 Å². The highest BCUT2D eigenvalue weighted by Gasteiger charge is 2.30. The third-order valence-corrected chi connectivity index (χ3v) is 6.47. The van der Waals surface area contributed by atoms with Crippen molar-refractivity contribution in [1.82, 2.24) is 9.88 Å². The molecule has 0 aliphatic heterocycles. The quantitative estimate of drug-likeness (QED) is 0.364. The molecule has 0 bridgehead atoms. The fraction of sp³-hybridized carbons (Fsp3) is 0.167. The SMILES string of the molecule is CS(=O)(=O)c1ccc(-c2ccnc(C(=O)Nc3cccc(C(=N)N(C=N)C4CC4)c3)c2)cc1. The van der Waals surface area contributed by atoms with E-state index < -0.39 is 15.7 Å². The Balaban J connectivity index is 1.51. The van der Waals surface area contributed by atoms with E-state index in [4.69, 9.17) is 10.8 Å². The minimum absolute atomic E-state index is 0.201. The van der Waals surface area contributed by atoms with Crippen LogP contribution in [0, 0.1) is 10.8 Å². The molecule has 0 unspecified atom stereocenters. The highest BCUT2D eigenvalue weighted by molar-refractivity contribution is 7.90. The van der Waals surface area contributed by atoms with Gasteiger partial charge in [0.1, 0.15) is 11.5 Å². The first-order chi connectivity index (χ1) is 15.8. The van der Waals surface area contributed by atoms with Crippen molar-refractivity contribution in [2.45, 2.75) is 23.8 Å². The van der Waals surface area contributed by atoms with Gasteiger partial charge in [0.15, 0.2) is 9.84 Å². The molecule has 2 aromatic carbocycles. The number of amides is 1. The summed E-state index contributed by atoms with van der Waals surface area (Å²) in [6.45, 7) is 0. The average Bonchev–Trinajstić information content (AvgIpc) is 3.64. The van der Waals surface area contributed by atoms with Crippen LogP contribution in [-0.4, -0.2) is 48.7 Å². The van der Waals surface area contributed by atoms with Crippen LogP contribution in [0.4, 0.5) is 5.69 Å². The Labute approximate surface area is 192 Å². The van der Waals surface area contributed by atoms with Gasteiger partial charge in [-0.25, -0.2) is 8.42 Å².